The summed E-state index contributed by atoms with van der Waals surface area (Å²) in [5.41, 5.74) is 4.04. The van der Waals surface area contributed by atoms with E-state index in [9.17, 15) is 5.11 Å². The van der Waals surface area contributed by atoms with Gasteiger partial charge in [-0.2, -0.15) is 5.10 Å². The number of aromatic hydroxyl groups is 1. The van der Waals surface area contributed by atoms with Gasteiger partial charge in [-0.25, -0.2) is 0 Å². The van der Waals surface area contributed by atoms with E-state index in [-0.39, 0.29) is 5.75 Å². The molecule has 0 saturated carbocycles. The highest BCUT2D eigenvalue weighted by atomic mass is 16.3. The van der Waals surface area contributed by atoms with Gasteiger partial charge in [0.1, 0.15) is 5.75 Å². The minimum Gasteiger partial charge on any atom is -0.507 e. The smallest absolute Gasteiger partial charge is 0.125 e. The molecular formula is C12H13N3O. The molecule has 1 aromatic carbocycles. The van der Waals surface area contributed by atoms with E-state index in [0.717, 1.165) is 36.5 Å². The van der Waals surface area contributed by atoms with Crippen LogP contribution in [-0.2, 0) is 13.0 Å². The van der Waals surface area contributed by atoms with Crippen molar-refractivity contribution in [2.24, 2.45) is 0 Å². The van der Waals surface area contributed by atoms with Crippen LogP contribution in [0.1, 0.15) is 11.3 Å². The molecule has 0 unspecified atom stereocenters. The number of aromatic nitrogens is 2. The number of benzene rings is 1. The first-order valence-electron chi connectivity index (χ1n) is 5.41. The largest absolute Gasteiger partial charge is 0.507 e. The summed E-state index contributed by atoms with van der Waals surface area (Å²) < 4.78 is 0. The molecule has 4 nitrogen and oxygen atoms in total. The van der Waals surface area contributed by atoms with Crippen LogP contribution in [0, 0.1) is 0 Å². The highest BCUT2D eigenvalue weighted by Crippen LogP contribution is 2.31. The fourth-order valence-corrected chi connectivity index (χ4v) is 2.14. The first kappa shape index (κ1) is 9.42. The molecule has 2 heterocycles. The van der Waals surface area contributed by atoms with Crippen LogP contribution >= 0.6 is 0 Å². The lowest BCUT2D eigenvalue weighted by molar-refractivity contribution is 0.477. The first-order valence-corrected chi connectivity index (χ1v) is 5.41. The first-order chi connectivity index (χ1) is 7.86. The van der Waals surface area contributed by atoms with Gasteiger partial charge in [0, 0.05) is 17.7 Å². The molecular weight excluding hydrogens is 202 g/mol. The van der Waals surface area contributed by atoms with E-state index in [0.29, 0.717) is 0 Å². The van der Waals surface area contributed by atoms with E-state index in [1.807, 2.05) is 18.2 Å². The van der Waals surface area contributed by atoms with Crippen molar-refractivity contribution >= 4 is 0 Å². The molecule has 0 amide bonds. The Hall–Kier alpha value is -1.81. The second-order valence-electron chi connectivity index (χ2n) is 3.97. The van der Waals surface area contributed by atoms with Crippen molar-refractivity contribution in [2.45, 2.75) is 13.0 Å². The predicted molar refractivity (Wildman–Crippen MR) is 61.1 cm³/mol. The molecule has 1 aromatic heterocycles. The van der Waals surface area contributed by atoms with Gasteiger partial charge in [0.25, 0.3) is 0 Å². The van der Waals surface area contributed by atoms with E-state index < -0.39 is 0 Å². The Balaban J connectivity index is 2.13. The van der Waals surface area contributed by atoms with Crippen molar-refractivity contribution in [3.8, 4) is 17.0 Å². The summed E-state index contributed by atoms with van der Waals surface area (Å²) in [4.78, 5) is 0. The third kappa shape index (κ3) is 1.39. The van der Waals surface area contributed by atoms with Crippen molar-refractivity contribution < 1.29 is 5.11 Å². The summed E-state index contributed by atoms with van der Waals surface area (Å²) in [7, 11) is 0. The molecule has 0 fully saturated rings. The third-order valence-corrected chi connectivity index (χ3v) is 2.97. The number of hydrogen-bond acceptors (Lipinski definition) is 3. The number of aromatic amines is 1. The van der Waals surface area contributed by atoms with Gasteiger partial charge in [-0.3, -0.25) is 5.10 Å². The summed E-state index contributed by atoms with van der Waals surface area (Å²) in [6, 6.07) is 7.32. The van der Waals surface area contributed by atoms with Crippen LogP contribution in [0.3, 0.4) is 0 Å². The van der Waals surface area contributed by atoms with Crippen LogP contribution in [0.5, 0.6) is 5.75 Å². The molecule has 3 rings (SSSR count). The number of para-hydroxylation sites is 1. The van der Waals surface area contributed by atoms with Gasteiger partial charge in [-0.1, -0.05) is 12.1 Å². The summed E-state index contributed by atoms with van der Waals surface area (Å²) in [5, 5.41) is 20.4. The quantitative estimate of drug-likeness (QED) is 0.674. The van der Waals surface area contributed by atoms with Crippen LogP contribution in [-0.4, -0.2) is 21.8 Å². The van der Waals surface area contributed by atoms with Crippen molar-refractivity contribution in [1.82, 2.24) is 15.5 Å². The lowest BCUT2D eigenvalue weighted by atomic mass is 10.0. The number of nitrogens with zero attached hydrogens (tertiary/aromatic N) is 1. The van der Waals surface area contributed by atoms with E-state index >= 15 is 0 Å². The topological polar surface area (TPSA) is 60.9 Å². The van der Waals surface area contributed by atoms with Gasteiger partial charge in [-0.15, -0.1) is 0 Å². The maximum atomic E-state index is 9.81. The van der Waals surface area contributed by atoms with Crippen molar-refractivity contribution in [1.29, 1.82) is 0 Å². The number of rotatable bonds is 1. The van der Waals surface area contributed by atoms with Gasteiger partial charge in [-0.05, 0) is 25.1 Å². The average Bonchev–Trinajstić information content (AvgIpc) is 2.74. The molecule has 16 heavy (non-hydrogen) atoms. The lowest BCUT2D eigenvalue weighted by Crippen LogP contribution is -2.23. The lowest BCUT2D eigenvalue weighted by Gasteiger charge is -2.13. The van der Waals surface area contributed by atoms with E-state index in [2.05, 4.69) is 15.5 Å². The number of hydrogen-bond donors (Lipinski definition) is 3. The Morgan fingerprint density at radius 3 is 3.00 bits per heavy atom. The Labute approximate surface area is 93.3 Å². The molecule has 2 aromatic rings. The van der Waals surface area contributed by atoms with Gasteiger partial charge in [0.2, 0.25) is 0 Å². The summed E-state index contributed by atoms with van der Waals surface area (Å²) in [6.07, 6.45) is 0.954. The van der Waals surface area contributed by atoms with Crippen LogP contribution in [0.15, 0.2) is 24.3 Å². The number of phenolic OH excluding ortho intramolecular Hbond substituents is 1. The number of phenols is 1. The fraction of sp³-hybridized carbons (Fsp3) is 0.250. The Kier molecular flexibility index (Phi) is 2.15. The summed E-state index contributed by atoms with van der Waals surface area (Å²) in [6.45, 7) is 1.79. The summed E-state index contributed by atoms with van der Waals surface area (Å²) in [5.74, 6) is 0.287. The Morgan fingerprint density at radius 2 is 2.12 bits per heavy atom. The molecule has 82 valence electrons. The molecule has 0 aliphatic carbocycles. The third-order valence-electron chi connectivity index (χ3n) is 2.97. The number of nitrogens with one attached hydrogen (secondary N) is 2. The molecule has 4 heteroatoms. The molecule has 0 radical (unpaired) electrons. The van der Waals surface area contributed by atoms with Gasteiger partial charge in [0.05, 0.1) is 11.4 Å². The minimum absolute atomic E-state index is 0.287. The van der Waals surface area contributed by atoms with Crippen LogP contribution < -0.4 is 5.32 Å². The second kappa shape index (κ2) is 3.64. The number of H-pyrrole nitrogens is 1. The Bertz CT molecular complexity index is 519. The monoisotopic (exact) mass is 215 g/mol. The molecule has 3 N–H and O–H groups in total. The van der Waals surface area contributed by atoms with E-state index in [4.69, 9.17) is 0 Å². The summed E-state index contributed by atoms with van der Waals surface area (Å²) >= 11 is 0. The normalized spacial score (nSPS) is 14.8. The minimum atomic E-state index is 0.287. The molecule has 0 atom stereocenters. The zero-order valence-corrected chi connectivity index (χ0v) is 8.83. The Morgan fingerprint density at radius 1 is 1.25 bits per heavy atom. The van der Waals surface area contributed by atoms with Crippen LogP contribution in [0.2, 0.25) is 0 Å². The molecule has 0 saturated heterocycles. The van der Waals surface area contributed by atoms with Crippen LogP contribution in [0.25, 0.3) is 11.3 Å². The maximum absolute atomic E-state index is 9.81. The SMILES string of the molecule is Oc1ccccc1-c1n[nH]c2c1CCNC2. The van der Waals surface area contributed by atoms with Gasteiger partial charge in [0.15, 0.2) is 0 Å². The standard InChI is InChI=1S/C12H13N3O/c16-11-4-2-1-3-9(11)12-8-5-6-13-7-10(8)14-15-12/h1-4,13,16H,5-7H2,(H,14,15). The zero-order valence-electron chi connectivity index (χ0n) is 8.83. The highest BCUT2D eigenvalue weighted by Gasteiger charge is 2.18. The number of fused-ring (bicyclic) bond motifs is 1. The second-order valence-corrected chi connectivity index (χ2v) is 3.97. The van der Waals surface area contributed by atoms with Crippen LogP contribution in [0.4, 0.5) is 0 Å². The van der Waals surface area contributed by atoms with Gasteiger partial charge >= 0.3 is 0 Å². The van der Waals surface area contributed by atoms with Gasteiger partial charge < -0.3 is 10.4 Å². The fourth-order valence-electron chi connectivity index (χ4n) is 2.14. The molecule has 0 bridgehead atoms. The highest BCUT2D eigenvalue weighted by molar-refractivity contribution is 5.70. The molecule has 1 aliphatic rings. The molecule has 1 aliphatic heterocycles. The molecule has 0 spiro atoms. The van der Waals surface area contributed by atoms with E-state index in [1.54, 1.807) is 6.07 Å². The van der Waals surface area contributed by atoms with Crippen molar-refractivity contribution in [3.63, 3.8) is 0 Å². The average molecular weight is 215 g/mol. The van der Waals surface area contributed by atoms with Crippen molar-refractivity contribution in [2.75, 3.05) is 6.54 Å². The van der Waals surface area contributed by atoms with E-state index in [1.165, 1.54) is 5.56 Å². The predicted octanol–water partition coefficient (Wildman–Crippen LogP) is 1.43. The zero-order chi connectivity index (χ0) is 11.0. The maximum Gasteiger partial charge on any atom is 0.125 e. The van der Waals surface area contributed by atoms with Crippen molar-refractivity contribution in [3.05, 3.63) is 35.5 Å².